The molecule has 0 fully saturated rings. The summed E-state index contributed by atoms with van der Waals surface area (Å²) in [5.74, 6) is 2.13. The fourth-order valence-electron chi connectivity index (χ4n) is 3.70. The number of hydrogen-bond acceptors (Lipinski definition) is 5. The number of anilines is 1. The van der Waals surface area contributed by atoms with Crippen molar-refractivity contribution in [1.29, 1.82) is 0 Å². The lowest BCUT2D eigenvalue weighted by Gasteiger charge is -2.14. The van der Waals surface area contributed by atoms with Crippen molar-refractivity contribution in [2.75, 3.05) is 19.1 Å². The molecule has 7 heteroatoms. The highest BCUT2D eigenvalue weighted by Gasteiger charge is 2.19. The Labute approximate surface area is 193 Å². The van der Waals surface area contributed by atoms with Gasteiger partial charge in [-0.25, -0.2) is 9.66 Å². The van der Waals surface area contributed by atoms with Crippen molar-refractivity contribution in [3.05, 3.63) is 77.3 Å². The van der Waals surface area contributed by atoms with Gasteiger partial charge in [0.25, 0.3) is 0 Å². The summed E-state index contributed by atoms with van der Waals surface area (Å²) in [5.41, 5.74) is 6.89. The van der Waals surface area contributed by atoms with Crippen molar-refractivity contribution in [3.8, 4) is 23.0 Å². The van der Waals surface area contributed by atoms with Gasteiger partial charge in [-0.1, -0.05) is 34.1 Å². The maximum absolute atomic E-state index is 5.84. The Morgan fingerprint density at radius 3 is 2.31 bits per heavy atom. The molecule has 0 aliphatic carbocycles. The lowest BCUT2D eigenvalue weighted by molar-refractivity contribution is 0.332. The van der Waals surface area contributed by atoms with E-state index in [1.807, 2.05) is 78.3 Å². The van der Waals surface area contributed by atoms with Crippen LogP contribution in [0.1, 0.15) is 6.92 Å². The Balaban J connectivity index is 1.79. The Morgan fingerprint density at radius 2 is 1.62 bits per heavy atom. The summed E-state index contributed by atoms with van der Waals surface area (Å²) >= 11 is 3.50. The van der Waals surface area contributed by atoms with Crippen LogP contribution >= 0.6 is 15.9 Å². The molecule has 6 nitrogen and oxygen atoms in total. The highest BCUT2D eigenvalue weighted by atomic mass is 79.9. The van der Waals surface area contributed by atoms with E-state index >= 15 is 0 Å². The number of halogens is 1. The fraction of sp³-hybridized carbons (Fsp3) is 0.120. The summed E-state index contributed by atoms with van der Waals surface area (Å²) in [6, 6.07) is 24.0. The van der Waals surface area contributed by atoms with E-state index in [-0.39, 0.29) is 0 Å². The van der Waals surface area contributed by atoms with Gasteiger partial charge >= 0.3 is 0 Å². The predicted octanol–water partition coefficient (Wildman–Crippen LogP) is 6.30. The molecule has 0 aliphatic rings. The number of nitrogens with one attached hydrogen (secondary N) is 1. The zero-order valence-electron chi connectivity index (χ0n) is 17.7. The van der Waals surface area contributed by atoms with E-state index in [1.54, 1.807) is 7.11 Å². The third-order valence-corrected chi connectivity index (χ3v) is 5.72. The summed E-state index contributed by atoms with van der Waals surface area (Å²) < 4.78 is 14.2. The van der Waals surface area contributed by atoms with Crippen LogP contribution in [0.4, 0.5) is 5.69 Å². The Bertz CT molecular complexity index is 1400. The number of rotatable bonds is 6. The summed E-state index contributed by atoms with van der Waals surface area (Å²) in [6.07, 6.45) is 0. The standard InChI is InChI=1S/C25H21BrN4O2/c1-3-32-25-21-7-5-4-6-20(21)22-23(28-25)27-24(16-8-14-19(31-2)15-9-16)30(22)29-18-12-10-17(26)11-13-18/h4-15,29H,3H2,1-2H3. The maximum Gasteiger partial charge on any atom is 0.223 e. The smallest absolute Gasteiger partial charge is 0.223 e. The second kappa shape index (κ2) is 8.51. The number of imidazole rings is 1. The number of methoxy groups -OCH3 is 1. The molecule has 0 radical (unpaired) electrons. The van der Waals surface area contributed by atoms with Crippen LogP contribution in [0.3, 0.4) is 0 Å². The fourth-order valence-corrected chi connectivity index (χ4v) is 3.97. The van der Waals surface area contributed by atoms with Crippen LogP contribution in [0, 0.1) is 0 Å². The van der Waals surface area contributed by atoms with Gasteiger partial charge in [0.2, 0.25) is 5.88 Å². The van der Waals surface area contributed by atoms with E-state index in [0.29, 0.717) is 18.1 Å². The van der Waals surface area contributed by atoms with Crippen molar-refractivity contribution in [2.45, 2.75) is 6.92 Å². The largest absolute Gasteiger partial charge is 0.497 e. The topological polar surface area (TPSA) is 61.2 Å². The lowest BCUT2D eigenvalue weighted by atomic mass is 10.1. The highest BCUT2D eigenvalue weighted by molar-refractivity contribution is 9.10. The Hall–Kier alpha value is -3.58. The minimum Gasteiger partial charge on any atom is -0.497 e. The second-order valence-corrected chi connectivity index (χ2v) is 8.10. The van der Waals surface area contributed by atoms with Crippen LogP contribution in [-0.4, -0.2) is 28.4 Å². The molecule has 0 bridgehead atoms. The quantitative estimate of drug-likeness (QED) is 0.304. The molecule has 0 aliphatic heterocycles. The van der Waals surface area contributed by atoms with Crippen LogP contribution in [0.25, 0.3) is 33.3 Å². The van der Waals surface area contributed by atoms with E-state index in [4.69, 9.17) is 19.4 Å². The maximum atomic E-state index is 5.84. The first-order valence-corrected chi connectivity index (χ1v) is 11.1. The third kappa shape index (κ3) is 3.65. The number of benzene rings is 3. The lowest BCUT2D eigenvalue weighted by Crippen LogP contribution is -2.11. The van der Waals surface area contributed by atoms with Crippen molar-refractivity contribution in [1.82, 2.24) is 14.6 Å². The van der Waals surface area contributed by atoms with Crippen LogP contribution in [0.5, 0.6) is 11.6 Å². The molecule has 0 amide bonds. The van der Waals surface area contributed by atoms with E-state index in [2.05, 4.69) is 27.4 Å². The number of aromatic nitrogens is 3. The molecular formula is C25H21BrN4O2. The van der Waals surface area contributed by atoms with Crippen molar-refractivity contribution in [2.24, 2.45) is 0 Å². The number of hydrogen-bond donors (Lipinski definition) is 1. The molecule has 5 rings (SSSR count). The van der Waals surface area contributed by atoms with Gasteiger partial charge in [0, 0.05) is 20.8 Å². The van der Waals surface area contributed by atoms with Crippen molar-refractivity contribution in [3.63, 3.8) is 0 Å². The molecule has 0 saturated carbocycles. The molecule has 32 heavy (non-hydrogen) atoms. The minimum absolute atomic E-state index is 0.533. The molecular weight excluding hydrogens is 468 g/mol. The molecule has 2 heterocycles. The predicted molar refractivity (Wildman–Crippen MR) is 131 cm³/mol. The summed E-state index contributed by atoms with van der Waals surface area (Å²) in [6.45, 7) is 2.49. The Morgan fingerprint density at radius 1 is 0.906 bits per heavy atom. The minimum atomic E-state index is 0.533. The number of ether oxygens (including phenoxy) is 2. The van der Waals surface area contributed by atoms with Gasteiger partial charge in [-0.3, -0.25) is 5.43 Å². The van der Waals surface area contributed by atoms with E-state index in [1.165, 1.54) is 0 Å². The average molecular weight is 489 g/mol. The SMILES string of the molecule is CCOc1nc2nc(-c3ccc(OC)cc3)n(Nc3ccc(Br)cc3)c2c2ccccc12. The second-order valence-electron chi connectivity index (χ2n) is 7.19. The molecule has 0 atom stereocenters. The van der Waals surface area contributed by atoms with Gasteiger partial charge in [0.05, 0.1) is 19.4 Å². The van der Waals surface area contributed by atoms with Gasteiger partial charge in [0.1, 0.15) is 11.3 Å². The Kier molecular flexibility index (Phi) is 5.41. The van der Waals surface area contributed by atoms with Crippen LogP contribution in [0.2, 0.25) is 0 Å². The summed E-state index contributed by atoms with van der Waals surface area (Å²) in [5, 5.41) is 1.96. The first kappa shape index (κ1) is 20.3. The van der Waals surface area contributed by atoms with Gasteiger partial charge in [-0.2, -0.15) is 4.98 Å². The first-order chi connectivity index (χ1) is 15.7. The van der Waals surface area contributed by atoms with Crippen LogP contribution < -0.4 is 14.9 Å². The first-order valence-electron chi connectivity index (χ1n) is 10.3. The van der Waals surface area contributed by atoms with E-state index in [9.17, 15) is 0 Å². The number of fused-ring (bicyclic) bond motifs is 3. The normalized spacial score (nSPS) is 11.1. The summed E-state index contributed by atoms with van der Waals surface area (Å²) in [4.78, 5) is 9.67. The van der Waals surface area contributed by atoms with Gasteiger partial charge in [-0.05, 0) is 61.5 Å². The summed E-state index contributed by atoms with van der Waals surface area (Å²) in [7, 11) is 1.66. The average Bonchev–Trinajstić information content (AvgIpc) is 3.19. The van der Waals surface area contributed by atoms with Crippen LogP contribution in [0.15, 0.2) is 77.3 Å². The number of nitrogens with zero attached hydrogens (tertiary/aromatic N) is 3. The molecule has 2 aromatic heterocycles. The van der Waals surface area contributed by atoms with Crippen molar-refractivity contribution >= 4 is 43.6 Å². The molecule has 0 spiro atoms. The molecule has 3 aromatic carbocycles. The molecule has 0 unspecified atom stereocenters. The molecule has 5 aromatic rings. The highest BCUT2D eigenvalue weighted by Crippen LogP contribution is 2.34. The zero-order valence-corrected chi connectivity index (χ0v) is 19.3. The zero-order chi connectivity index (χ0) is 22.1. The van der Waals surface area contributed by atoms with Gasteiger partial charge in [-0.15, -0.1) is 0 Å². The van der Waals surface area contributed by atoms with Gasteiger partial charge in [0.15, 0.2) is 11.5 Å². The van der Waals surface area contributed by atoms with E-state index < -0.39 is 0 Å². The number of pyridine rings is 1. The molecule has 160 valence electrons. The van der Waals surface area contributed by atoms with Crippen molar-refractivity contribution < 1.29 is 9.47 Å². The third-order valence-electron chi connectivity index (χ3n) is 5.19. The monoisotopic (exact) mass is 488 g/mol. The van der Waals surface area contributed by atoms with Crippen LogP contribution in [-0.2, 0) is 0 Å². The molecule has 0 saturated heterocycles. The van der Waals surface area contributed by atoms with E-state index in [0.717, 1.165) is 43.6 Å². The molecule has 1 N–H and O–H groups in total. The van der Waals surface area contributed by atoms with Gasteiger partial charge < -0.3 is 9.47 Å².